The van der Waals surface area contributed by atoms with Crippen molar-refractivity contribution in [2.24, 2.45) is 17.6 Å². The summed E-state index contributed by atoms with van der Waals surface area (Å²) in [5.41, 5.74) is 13.5. The highest BCUT2D eigenvalue weighted by Crippen LogP contribution is 2.38. The van der Waals surface area contributed by atoms with Crippen molar-refractivity contribution < 1.29 is 0 Å². The summed E-state index contributed by atoms with van der Waals surface area (Å²) in [6.45, 7) is 1.98. The van der Waals surface area contributed by atoms with Crippen LogP contribution in [-0.2, 0) is 0 Å². The Morgan fingerprint density at radius 3 is 2.86 bits per heavy atom. The third-order valence-corrected chi connectivity index (χ3v) is 7.45. The number of anilines is 2. The first-order valence-electron chi connectivity index (χ1n) is 9.80. The molecule has 4 N–H and O–H groups in total. The number of nitrogens with two attached hydrogens (primary N) is 2. The lowest BCUT2D eigenvalue weighted by Gasteiger charge is -2.29. The second kappa shape index (κ2) is 7.59. The van der Waals surface area contributed by atoms with E-state index >= 15 is 0 Å². The van der Waals surface area contributed by atoms with Crippen LogP contribution in [-0.4, -0.2) is 39.1 Å². The number of hydrogen-bond acceptors (Lipinski definition) is 8. The maximum Gasteiger partial charge on any atom is 0.179 e. The smallest absolute Gasteiger partial charge is 0.179 e. The first kappa shape index (κ1) is 18.8. The topological polar surface area (TPSA) is 107 Å². The fraction of sp³-hybridized carbons (Fsp3) is 0.400. The number of fused-ring (bicyclic) bond motifs is 2. The van der Waals surface area contributed by atoms with E-state index in [1.165, 1.54) is 24.6 Å². The van der Waals surface area contributed by atoms with Crippen LogP contribution < -0.4 is 16.4 Å². The van der Waals surface area contributed by atoms with Gasteiger partial charge in [-0.1, -0.05) is 29.8 Å². The molecular formula is C20H22ClN7S. The highest BCUT2D eigenvalue weighted by molar-refractivity contribution is 7.99. The number of pyridine rings is 2. The minimum atomic E-state index is 0.308. The van der Waals surface area contributed by atoms with E-state index in [0.717, 1.165) is 40.8 Å². The Kier molecular flexibility index (Phi) is 4.93. The molecule has 0 radical (unpaired) electrons. The molecule has 150 valence electrons. The summed E-state index contributed by atoms with van der Waals surface area (Å²) < 4.78 is 0. The summed E-state index contributed by atoms with van der Waals surface area (Å²) in [7, 11) is 0. The fourth-order valence-electron chi connectivity index (χ4n) is 4.42. The van der Waals surface area contributed by atoms with Crippen LogP contribution in [0.2, 0.25) is 5.02 Å². The molecule has 9 heteroatoms. The lowest BCUT2D eigenvalue weighted by atomic mass is 9.78. The number of hydrogen-bond donors (Lipinski definition) is 2. The van der Waals surface area contributed by atoms with Crippen molar-refractivity contribution in [2.45, 2.75) is 35.2 Å². The summed E-state index contributed by atoms with van der Waals surface area (Å²) in [5, 5.41) is 1.22. The van der Waals surface area contributed by atoms with Gasteiger partial charge >= 0.3 is 0 Å². The van der Waals surface area contributed by atoms with Gasteiger partial charge in [0.15, 0.2) is 5.65 Å². The molecule has 29 heavy (non-hydrogen) atoms. The molecule has 1 saturated heterocycles. The van der Waals surface area contributed by atoms with Crippen LogP contribution in [0.5, 0.6) is 0 Å². The second-order valence-electron chi connectivity index (χ2n) is 7.75. The summed E-state index contributed by atoms with van der Waals surface area (Å²) in [6, 6.07) is 6.01. The maximum absolute atomic E-state index is 6.35. The van der Waals surface area contributed by atoms with Gasteiger partial charge in [-0.25, -0.2) is 19.9 Å². The Balaban J connectivity index is 1.38. The molecule has 2 fully saturated rings. The van der Waals surface area contributed by atoms with Crippen molar-refractivity contribution >= 4 is 46.2 Å². The van der Waals surface area contributed by atoms with Gasteiger partial charge in [0.1, 0.15) is 22.2 Å². The molecule has 3 atom stereocenters. The van der Waals surface area contributed by atoms with E-state index in [1.54, 1.807) is 6.20 Å². The zero-order valence-corrected chi connectivity index (χ0v) is 17.4. The monoisotopic (exact) mass is 427 g/mol. The minimum Gasteiger partial charge on any atom is -0.382 e. The van der Waals surface area contributed by atoms with E-state index in [1.807, 2.05) is 24.4 Å². The molecular weight excluding hydrogens is 406 g/mol. The third-order valence-electron chi connectivity index (χ3n) is 5.94. The van der Waals surface area contributed by atoms with Crippen LogP contribution in [0, 0.1) is 11.8 Å². The van der Waals surface area contributed by atoms with Gasteiger partial charge in [-0.2, -0.15) is 0 Å². The van der Waals surface area contributed by atoms with Gasteiger partial charge in [-0.05, 0) is 42.9 Å². The summed E-state index contributed by atoms with van der Waals surface area (Å²) in [4.78, 5) is 21.1. The molecule has 0 aromatic carbocycles. The highest BCUT2D eigenvalue weighted by Gasteiger charge is 2.39. The normalized spacial score (nSPS) is 24.1. The molecule has 1 aliphatic heterocycles. The predicted molar refractivity (Wildman–Crippen MR) is 116 cm³/mol. The van der Waals surface area contributed by atoms with Gasteiger partial charge in [0.25, 0.3) is 0 Å². The minimum absolute atomic E-state index is 0.308. The largest absolute Gasteiger partial charge is 0.382 e. The van der Waals surface area contributed by atoms with Crippen LogP contribution in [0.4, 0.5) is 11.6 Å². The molecule has 2 aliphatic rings. The van der Waals surface area contributed by atoms with Crippen LogP contribution in [0.15, 0.2) is 40.5 Å². The van der Waals surface area contributed by atoms with Crippen LogP contribution >= 0.6 is 23.4 Å². The number of rotatable bonds is 3. The van der Waals surface area contributed by atoms with E-state index in [4.69, 9.17) is 28.1 Å². The molecule has 0 spiro atoms. The molecule has 1 saturated carbocycles. The van der Waals surface area contributed by atoms with Crippen molar-refractivity contribution in [1.82, 2.24) is 19.9 Å². The van der Waals surface area contributed by atoms with E-state index in [9.17, 15) is 0 Å². The van der Waals surface area contributed by atoms with Crippen LogP contribution in [0.25, 0.3) is 11.2 Å². The molecule has 3 aromatic heterocycles. The van der Waals surface area contributed by atoms with Gasteiger partial charge in [0, 0.05) is 30.2 Å². The lowest BCUT2D eigenvalue weighted by molar-refractivity contribution is 0.260. The number of nitrogens with zero attached hydrogens (tertiary/aromatic N) is 5. The van der Waals surface area contributed by atoms with Crippen molar-refractivity contribution in [2.75, 3.05) is 23.7 Å². The van der Waals surface area contributed by atoms with E-state index in [2.05, 4.69) is 19.9 Å². The molecule has 3 unspecified atom stereocenters. The first-order chi connectivity index (χ1) is 14.1. The Bertz CT molecular complexity index is 1060. The van der Waals surface area contributed by atoms with Gasteiger partial charge in [0.05, 0.1) is 11.2 Å². The van der Waals surface area contributed by atoms with Crippen LogP contribution in [0.3, 0.4) is 0 Å². The van der Waals surface area contributed by atoms with Crippen molar-refractivity contribution in [3.05, 3.63) is 35.6 Å². The van der Waals surface area contributed by atoms with Crippen molar-refractivity contribution in [1.29, 1.82) is 0 Å². The van der Waals surface area contributed by atoms with Gasteiger partial charge in [-0.3, -0.25) is 0 Å². The number of nitrogen functional groups attached to an aromatic ring is 1. The lowest BCUT2D eigenvalue weighted by Crippen LogP contribution is -2.38. The zero-order valence-electron chi connectivity index (χ0n) is 15.8. The van der Waals surface area contributed by atoms with Gasteiger partial charge in [0.2, 0.25) is 0 Å². The third kappa shape index (κ3) is 3.60. The zero-order chi connectivity index (χ0) is 20.0. The molecule has 3 aromatic rings. The average Bonchev–Trinajstić information content (AvgIpc) is 3.17. The van der Waals surface area contributed by atoms with E-state index in [-0.39, 0.29) is 0 Å². The van der Waals surface area contributed by atoms with E-state index in [0.29, 0.717) is 34.4 Å². The predicted octanol–water partition coefficient (Wildman–Crippen LogP) is 3.37. The van der Waals surface area contributed by atoms with Gasteiger partial charge < -0.3 is 16.4 Å². The maximum atomic E-state index is 6.35. The number of halogens is 1. The van der Waals surface area contributed by atoms with E-state index < -0.39 is 0 Å². The van der Waals surface area contributed by atoms with Crippen molar-refractivity contribution in [3.63, 3.8) is 0 Å². The summed E-state index contributed by atoms with van der Waals surface area (Å²) in [6.07, 6.45) is 7.09. The quantitative estimate of drug-likeness (QED) is 0.655. The Morgan fingerprint density at radius 1 is 1.10 bits per heavy atom. The standard InChI is InChI=1S/C20H22ClN7S/c21-18-15(6-7-24-19(18)23)29-17-5-4-14-20(27-17)25-8-16(26-14)28-9-11-2-1-3-13(22)12(11)10-28/h4-8,11-13H,1-3,9-10,22H2,(H2,23,24). The van der Waals surface area contributed by atoms with Crippen molar-refractivity contribution in [3.8, 4) is 0 Å². The summed E-state index contributed by atoms with van der Waals surface area (Å²) in [5.74, 6) is 2.46. The first-order valence-corrected chi connectivity index (χ1v) is 11.0. The highest BCUT2D eigenvalue weighted by atomic mass is 35.5. The molecule has 0 amide bonds. The summed E-state index contributed by atoms with van der Waals surface area (Å²) >= 11 is 7.67. The Hall–Kier alpha value is -2.16. The fourth-order valence-corrected chi connectivity index (χ4v) is 5.47. The molecule has 0 bridgehead atoms. The molecule has 5 rings (SSSR count). The van der Waals surface area contributed by atoms with Crippen LogP contribution in [0.1, 0.15) is 19.3 Å². The molecule has 7 nitrogen and oxygen atoms in total. The number of aromatic nitrogens is 4. The molecule has 4 heterocycles. The molecule has 1 aliphatic carbocycles. The Morgan fingerprint density at radius 2 is 2.00 bits per heavy atom. The average molecular weight is 428 g/mol. The Labute approximate surface area is 178 Å². The second-order valence-corrected chi connectivity index (χ2v) is 9.19. The SMILES string of the molecule is Nc1nccc(Sc2ccc3nc(N4CC5CCCC(N)C5C4)cnc3n2)c1Cl. The van der Waals surface area contributed by atoms with Gasteiger partial charge in [-0.15, -0.1) is 0 Å².